The van der Waals surface area contributed by atoms with E-state index in [1.54, 1.807) is 18.2 Å². The molecule has 0 unspecified atom stereocenters. The van der Waals surface area contributed by atoms with Gasteiger partial charge in [0.25, 0.3) is 0 Å². The zero-order valence-electron chi connectivity index (χ0n) is 7.11. The highest BCUT2D eigenvalue weighted by atomic mass is 16.6. The molecule has 12 heavy (non-hydrogen) atoms. The molecule has 0 atom stereocenters. The van der Waals surface area contributed by atoms with E-state index in [4.69, 9.17) is 4.74 Å². The second-order valence-electron chi connectivity index (χ2n) is 3.02. The van der Waals surface area contributed by atoms with Crippen molar-refractivity contribution in [3.63, 3.8) is 0 Å². The van der Waals surface area contributed by atoms with Gasteiger partial charge in [-0.3, -0.25) is 0 Å². The largest absolute Gasteiger partial charge is 0.504 e. The van der Waals surface area contributed by atoms with E-state index >= 15 is 0 Å². The van der Waals surface area contributed by atoms with Gasteiger partial charge in [0.15, 0.2) is 11.5 Å². The van der Waals surface area contributed by atoms with Crippen LogP contribution in [-0.2, 0) is 0 Å². The van der Waals surface area contributed by atoms with Gasteiger partial charge in [0.1, 0.15) is 0 Å². The number of ether oxygens (including phenoxy) is 1. The molecule has 0 radical (unpaired) electrons. The predicted octanol–water partition coefficient (Wildman–Crippen LogP) is 1.50. The highest BCUT2D eigenvalue weighted by Gasteiger charge is 2.15. The van der Waals surface area contributed by atoms with Gasteiger partial charge in [-0.2, -0.15) is 0 Å². The van der Waals surface area contributed by atoms with Gasteiger partial charge >= 0.3 is 0 Å². The fourth-order valence-electron chi connectivity index (χ4n) is 0.813. The van der Waals surface area contributed by atoms with E-state index in [0.717, 1.165) is 0 Å². The van der Waals surface area contributed by atoms with Gasteiger partial charge in [-0.05, 0) is 12.1 Å². The highest BCUT2D eigenvalue weighted by molar-refractivity contribution is 5.38. The van der Waals surface area contributed by atoms with Crippen LogP contribution >= 0.6 is 0 Å². The molecule has 0 saturated carbocycles. The first-order valence-electron chi connectivity index (χ1n) is 3.68. The Kier molecular flexibility index (Phi) is 2.24. The molecule has 0 aliphatic carbocycles. The Balaban J connectivity index is 2.83. The van der Waals surface area contributed by atoms with Crippen LogP contribution in [0.25, 0.3) is 0 Å². The number of para-hydroxylation sites is 2. The molecule has 1 aromatic carbocycles. The lowest BCUT2D eigenvalue weighted by Gasteiger charge is -2.19. The molecule has 0 aliphatic rings. The van der Waals surface area contributed by atoms with Crippen molar-refractivity contribution in [3.8, 4) is 11.5 Å². The number of aromatic hydroxyl groups is 1. The van der Waals surface area contributed by atoms with Crippen LogP contribution in [0.1, 0.15) is 13.8 Å². The fraction of sp³-hybridized carbons (Fsp3) is 0.333. The van der Waals surface area contributed by atoms with Crippen molar-refractivity contribution >= 4 is 0 Å². The van der Waals surface area contributed by atoms with Crippen molar-refractivity contribution in [2.75, 3.05) is 0 Å². The summed E-state index contributed by atoms with van der Waals surface area (Å²) in [6.07, 6.45) is 0. The minimum Gasteiger partial charge on any atom is -0.504 e. The average Bonchev–Trinajstić information content (AvgIpc) is 1.91. The molecule has 1 rings (SSSR count). The number of aliphatic hydroxyl groups is 1. The Morgan fingerprint density at radius 3 is 2.33 bits per heavy atom. The van der Waals surface area contributed by atoms with Gasteiger partial charge in [0, 0.05) is 13.8 Å². The van der Waals surface area contributed by atoms with Crippen LogP contribution in [0.5, 0.6) is 11.5 Å². The molecule has 0 saturated heterocycles. The number of hydrogen-bond donors (Lipinski definition) is 2. The van der Waals surface area contributed by atoms with Gasteiger partial charge in [-0.1, -0.05) is 12.1 Å². The summed E-state index contributed by atoms with van der Waals surface area (Å²) in [5, 5.41) is 18.5. The summed E-state index contributed by atoms with van der Waals surface area (Å²) in [7, 11) is 0. The van der Waals surface area contributed by atoms with Crippen molar-refractivity contribution in [2.24, 2.45) is 0 Å². The molecule has 0 aromatic heterocycles. The van der Waals surface area contributed by atoms with Crippen molar-refractivity contribution in [1.82, 2.24) is 0 Å². The van der Waals surface area contributed by atoms with E-state index < -0.39 is 5.79 Å². The number of hydrogen-bond acceptors (Lipinski definition) is 3. The van der Waals surface area contributed by atoms with Gasteiger partial charge < -0.3 is 14.9 Å². The lowest BCUT2D eigenvalue weighted by atomic mass is 10.3. The maximum absolute atomic E-state index is 9.26. The molecule has 0 amide bonds. The maximum atomic E-state index is 9.26. The van der Waals surface area contributed by atoms with Crippen LogP contribution in [0, 0.1) is 0 Å². The van der Waals surface area contributed by atoms with E-state index in [-0.39, 0.29) is 11.5 Å². The fourth-order valence-corrected chi connectivity index (χ4v) is 0.813. The number of benzene rings is 1. The third-order valence-electron chi connectivity index (χ3n) is 1.22. The number of rotatable bonds is 2. The molecule has 0 heterocycles. The molecule has 2 N–H and O–H groups in total. The van der Waals surface area contributed by atoms with E-state index in [9.17, 15) is 10.2 Å². The van der Waals surface area contributed by atoms with Crippen molar-refractivity contribution in [3.05, 3.63) is 24.3 Å². The van der Waals surface area contributed by atoms with Crippen molar-refractivity contribution in [1.29, 1.82) is 0 Å². The molecular weight excluding hydrogens is 156 g/mol. The summed E-state index contributed by atoms with van der Waals surface area (Å²) in [6, 6.07) is 6.50. The minimum absolute atomic E-state index is 0.0274. The van der Waals surface area contributed by atoms with Crippen molar-refractivity contribution in [2.45, 2.75) is 19.6 Å². The second kappa shape index (κ2) is 3.03. The van der Waals surface area contributed by atoms with Gasteiger partial charge in [0.05, 0.1) is 0 Å². The summed E-state index contributed by atoms with van der Waals surface area (Å²) in [5.74, 6) is -0.955. The van der Waals surface area contributed by atoms with E-state index in [1.165, 1.54) is 19.9 Å². The average molecular weight is 168 g/mol. The molecule has 0 bridgehead atoms. The minimum atomic E-state index is -1.27. The van der Waals surface area contributed by atoms with Crippen LogP contribution in [-0.4, -0.2) is 16.0 Å². The van der Waals surface area contributed by atoms with Crippen LogP contribution in [0.15, 0.2) is 24.3 Å². The standard InChI is InChI=1S/C9H12O3/c1-9(2,11)12-8-6-4-3-5-7(8)10/h3-6,10-11H,1-2H3. The third kappa shape index (κ3) is 2.43. The van der Waals surface area contributed by atoms with Crippen LogP contribution < -0.4 is 4.74 Å². The molecule has 1 aromatic rings. The maximum Gasteiger partial charge on any atom is 0.202 e. The Morgan fingerprint density at radius 1 is 1.25 bits per heavy atom. The molecule has 0 spiro atoms. The molecule has 0 aliphatic heterocycles. The van der Waals surface area contributed by atoms with E-state index in [2.05, 4.69) is 0 Å². The van der Waals surface area contributed by atoms with E-state index in [1.807, 2.05) is 0 Å². The molecule has 66 valence electrons. The van der Waals surface area contributed by atoms with Crippen LogP contribution in [0.4, 0.5) is 0 Å². The van der Waals surface area contributed by atoms with Gasteiger partial charge in [0.2, 0.25) is 5.79 Å². The topological polar surface area (TPSA) is 49.7 Å². The second-order valence-corrected chi connectivity index (χ2v) is 3.02. The zero-order chi connectivity index (χ0) is 9.19. The van der Waals surface area contributed by atoms with Crippen LogP contribution in [0.3, 0.4) is 0 Å². The summed E-state index contributed by atoms with van der Waals surface area (Å²) in [4.78, 5) is 0. The summed E-state index contributed by atoms with van der Waals surface area (Å²) in [5.41, 5.74) is 0. The smallest absolute Gasteiger partial charge is 0.202 e. The molecular formula is C9H12O3. The van der Waals surface area contributed by atoms with Crippen LogP contribution in [0.2, 0.25) is 0 Å². The zero-order valence-corrected chi connectivity index (χ0v) is 7.11. The van der Waals surface area contributed by atoms with Gasteiger partial charge in [-0.25, -0.2) is 0 Å². The first kappa shape index (κ1) is 8.87. The Morgan fingerprint density at radius 2 is 1.83 bits per heavy atom. The Bertz CT molecular complexity index is 263. The summed E-state index contributed by atoms with van der Waals surface area (Å²) in [6.45, 7) is 3.00. The molecule has 3 nitrogen and oxygen atoms in total. The van der Waals surface area contributed by atoms with Crippen molar-refractivity contribution < 1.29 is 14.9 Å². The Hall–Kier alpha value is -1.22. The summed E-state index contributed by atoms with van der Waals surface area (Å²) < 4.78 is 5.04. The van der Waals surface area contributed by atoms with E-state index in [0.29, 0.717) is 0 Å². The quantitative estimate of drug-likeness (QED) is 0.658. The molecule has 3 heteroatoms. The predicted molar refractivity (Wildman–Crippen MR) is 45.0 cm³/mol. The number of phenolic OH excluding ortho intramolecular Hbond substituents is 1. The monoisotopic (exact) mass is 168 g/mol. The lowest BCUT2D eigenvalue weighted by Crippen LogP contribution is -2.26. The third-order valence-corrected chi connectivity index (χ3v) is 1.22. The summed E-state index contributed by atoms with van der Waals surface area (Å²) >= 11 is 0. The lowest BCUT2D eigenvalue weighted by molar-refractivity contribution is -0.105. The Labute approximate surface area is 71.2 Å². The molecule has 0 fully saturated rings. The normalized spacial score (nSPS) is 11.2. The number of phenols is 1. The first-order valence-corrected chi connectivity index (χ1v) is 3.68. The van der Waals surface area contributed by atoms with Gasteiger partial charge in [-0.15, -0.1) is 0 Å². The SMILES string of the molecule is CC(C)(O)Oc1ccccc1O. The first-order chi connectivity index (χ1) is 5.49. The highest BCUT2D eigenvalue weighted by Crippen LogP contribution is 2.27.